The predicted molar refractivity (Wildman–Crippen MR) is 82.3 cm³/mol. The van der Waals surface area contributed by atoms with Crippen LogP contribution < -0.4 is 5.32 Å². The number of ether oxygens (including phenoxy) is 1. The molecular weight excluding hydrogens is 252 g/mol. The first-order valence-electron chi connectivity index (χ1n) is 7.75. The number of imidazole rings is 1. The third-order valence-corrected chi connectivity index (χ3v) is 3.93. The monoisotopic (exact) mass is 280 g/mol. The van der Waals surface area contributed by atoms with Gasteiger partial charge in [0.1, 0.15) is 0 Å². The highest BCUT2D eigenvalue weighted by molar-refractivity contribution is 5.29. The molecule has 5 nitrogen and oxygen atoms in total. The van der Waals surface area contributed by atoms with Crippen LogP contribution in [0.4, 0.5) is 5.95 Å². The van der Waals surface area contributed by atoms with E-state index in [1.54, 1.807) is 7.11 Å². The summed E-state index contributed by atoms with van der Waals surface area (Å²) < 4.78 is 7.42. The Balaban J connectivity index is 1.94. The summed E-state index contributed by atoms with van der Waals surface area (Å²) in [5.74, 6) is 0.994. The fourth-order valence-electron chi connectivity index (χ4n) is 2.93. The van der Waals surface area contributed by atoms with Gasteiger partial charge in [-0.3, -0.25) is 0 Å². The van der Waals surface area contributed by atoms with Gasteiger partial charge in [-0.05, 0) is 32.7 Å². The molecule has 1 saturated heterocycles. The standard InChI is InChI=1S/C15H28N4O/c1-4-8-18-9-5-14(6-10-18)19-12-13(2)17-15(19)16-7-11-20-3/h12,14H,4-11H2,1-3H3,(H,16,17). The number of anilines is 1. The second-order valence-electron chi connectivity index (χ2n) is 5.61. The van der Waals surface area contributed by atoms with Crippen molar-refractivity contribution in [3.63, 3.8) is 0 Å². The lowest BCUT2D eigenvalue weighted by Gasteiger charge is -2.33. The van der Waals surface area contributed by atoms with Gasteiger partial charge >= 0.3 is 0 Å². The van der Waals surface area contributed by atoms with Crippen molar-refractivity contribution in [2.24, 2.45) is 0 Å². The van der Waals surface area contributed by atoms with Crippen LogP contribution in [-0.4, -0.2) is 54.3 Å². The van der Waals surface area contributed by atoms with Crippen molar-refractivity contribution < 1.29 is 4.74 Å². The summed E-state index contributed by atoms with van der Waals surface area (Å²) in [6.07, 6.45) is 5.86. The van der Waals surface area contributed by atoms with Crippen LogP contribution in [0.1, 0.15) is 37.9 Å². The zero-order valence-electron chi connectivity index (χ0n) is 13.1. The molecule has 2 rings (SSSR count). The van der Waals surface area contributed by atoms with Gasteiger partial charge in [0.15, 0.2) is 0 Å². The average Bonchev–Trinajstić information content (AvgIpc) is 2.81. The zero-order valence-corrected chi connectivity index (χ0v) is 13.1. The number of rotatable bonds is 7. The van der Waals surface area contributed by atoms with Gasteiger partial charge < -0.3 is 19.5 Å². The van der Waals surface area contributed by atoms with E-state index in [0.717, 1.165) is 18.2 Å². The van der Waals surface area contributed by atoms with E-state index < -0.39 is 0 Å². The van der Waals surface area contributed by atoms with E-state index in [1.807, 2.05) is 0 Å². The molecule has 0 saturated carbocycles. The summed E-state index contributed by atoms with van der Waals surface area (Å²) in [6, 6.07) is 0.578. The minimum Gasteiger partial charge on any atom is -0.383 e. The number of hydrogen-bond donors (Lipinski definition) is 1. The van der Waals surface area contributed by atoms with Crippen molar-refractivity contribution in [2.45, 2.75) is 39.2 Å². The fraction of sp³-hybridized carbons (Fsp3) is 0.800. The van der Waals surface area contributed by atoms with E-state index in [2.05, 4.69) is 39.8 Å². The Morgan fingerprint density at radius 2 is 2.15 bits per heavy atom. The van der Waals surface area contributed by atoms with Crippen LogP contribution >= 0.6 is 0 Å². The second-order valence-corrected chi connectivity index (χ2v) is 5.61. The molecule has 0 radical (unpaired) electrons. The van der Waals surface area contributed by atoms with Crippen molar-refractivity contribution in [1.82, 2.24) is 14.5 Å². The van der Waals surface area contributed by atoms with Crippen molar-refractivity contribution >= 4 is 5.95 Å². The van der Waals surface area contributed by atoms with Crippen molar-refractivity contribution in [3.05, 3.63) is 11.9 Å². The Hall–Kier alpha value is -1.07. The Labute approximate surface area is 122 Å². The zero-order chi connectivity index (χ0) is 14.4. The minimum absolute atomic E-state index is 0.578. The van der Waals surface area contributed by atoms with E-state index in [-0.39, 0.29) is 0 Å². The van der Waals surface area contributed by atoms with Crippen LogP contribution in [0.5, 0.6) is 0 Å². The molecule has 1 aromatic rings. The highest BCUT2D eigenvalue weighted by atomic mass is 16.5. The average molecular weight is 280 g/mol. The molecule has 0 aromatic carbocycles. The summed E-state index contributed by atoms with van der Waals surface area (Å²) >= 11 is 0. The topological polar surface area (TPSA) is 42.3 Å². The van der Waals surface area contributed by atoms with Crippen LogP contribution in [0.25, 0.3) is 0 Å². The molecule has 1 aliphatic heterocycles. The van der Waals surface area contributed by atoms with E-state index in [1.165, 1.54) is 38.9 Å². The molecule has 20 heavy (non-hydrogen) atoms. The van der Waals surface area contributed by atoms with Crippen LogP contribution in [0.15, 0.2) is 6.20 Å². The third-order valence-electron chi connectivity index (χ3n) is 3.93. The lowest BCUT2D eigenvalue weighted by molar-refractivity contribution is 0.187. The summed E-state index contributed by atoms with van der Waals surface area (Å²) in [6.45, 7) is 9.46. The number of likely N-dealkylation sites (tertiary alicyclic amines) is 1. The summed E-state index contributed by atoms with van der Waals surface area (Å²) in [5, 5.41) is 3.38. The number of aryl methyl sites for hydroxylation is 1. The smallest absolute Gasteiger partial charge is 0.203 e. The molecule has 0 bridgehead atoms. The van der Waals surface area contributed by atoms with Crippen LogP contribution in [0.2, 0.25) is 0 Å². The number of hydrogen-bond acceptors (Lipinski definition) is 4. The molecule has 0 unspecified atom stereocenters. The number of nitrogens with zero attached hydrogens (tertiary/aromatic N) is 3. The molecule has 114 valence electrons. The van der Waals surface area contributed by atoms with E-state index in [9.17, 15) is 0 Å². The van der Waals surface area contributed by atoms with Gasteiger partial charge in [0.2, 0.25) is 5.95 Å². The molecule has 0 aliphatic carbocycles. The summed E-state index contributed by atoms with van der Waals surface area (Å²) in [7, 11) is 1.73. The Kier molecular flexibility index (Phi) is 5.86. The van der Waals surface area contributed by atoms with E-state index in [4.69, 9.17) is 4.74 Å². The molecule has 5 heteroatoms. The minimum atomic E-state index is 0.578. The molecule has 1 aromatic heterocycles. The fourth-order valence-corrected chi connectivity index (χ4v) is 2.93. The van der Waals surface area contributed by atoms with Crippen molar-refractivity contribution in [2.75, 3.05) is 45.2 Å². The summed E-state index contributed by atoms with van der Waals surface area (Å²) in [4.78, 5) is 7.16. The highest BCUT2D eigenvalue weighted by Crippen LogP contribution is 2.26. The molecule has 0 spiro atoms. The molecule has 2 heterocycles. The van der Waals surface area contributed by atoms with Gasteiger partial charge in [-0.15, -0.1) is 0 Å². The third kappa shape index (κ3) is 3.96. The first-order chi connectivity index (χ1) is 9.74. The van der Waals surface area contributed by atoms with Gasteiger partial charge in [-0.2, -0.15) is 0 Å². The maximum atomic E-state index is 5.09. The Morgan fingerprint density at radius 1 is 1.40 bits per heavy atom. The van der Waals surface area contributed by atoms with Gasteiger partial charge in [-0.25, -0.2) is 4.98 Å². The van der Waals surface area contributed by atoms with E-state index >= 15 is 0 Å². The number of aromatic nitrogens is 2. The van der Waals surface area contributed by atoms with Crippen molar-refractivity contribution in [3.8, 4) is 0 Å². The SMILES string of the molecule is CCCN1CCC(n2cc(C)nc2NCCOC)CC1. The lowest BCUT2D eigenvalue weighted by Crippen LogP contribution is -2.35. The van der Waals surface area contributed by atoms with Gasteiger partial charge in [0.25, 0.3) is 0 Å². The van der Waals surface area contributed by atoms with Gasteiger partial charge in [0, 0.05) is 39.0 Å². The van der Waals surface area contributed by atoms with Crippen LogP contribution in [0, 0.1) is 6.92 Å². The maximum absolute atomic E-state index is 5.09. The molecule has 0 amide bonds. The second kappa shape index (κ2) is 7.64. The lowest BCUT2D eigenvalue weighted by atomic mass is 10.0. The van der Waals surface area contributed by atoms with Gasteiger partial charge in [-0.1, -0.05) is 6.92 Å². The largest absolute Gasteiger partial charge is 0.383 e. The van der Waals surface area contributed by atoms with Crippen LogP contribution in [0.3, 0.4) is 0 Å². The number of methoxy groups -OCH3 is 1. The normalized spacial score (nSPS) is 17.6. The van der Waals surface area contributed by atoms with Gasteiger partial charge in [0.05, 0.1) is 12.3 Å². The van der Waals surface area contributed by atoms with Crippen LogP contribution in [-0.2, 0) is 4.74 Å². The Morgan fingerprint density at radius 3 is 2.80 bits per heavy atom. The van der Waals surface area contributed by atoms with E-state index in [0.29, 0.717) is 12.6 Å². The number of nitrogens with one attached hydrogen (secondary N) is 1. The quantitative estimate of drug-likeness (QED) is 0.778. The first-order valence-corrected chi connectivity index (χ1v) is 7.75. The molecule has 1 aliphatic rings. The molecule has 1 fully saturated rings. The predicted octanol–water partition coefficient (Wildman–Crippen LogP) is 2.30. The first kappa shape index (κ1) is 15.3. The molecular formula is C15H28N4O. The maximum Gasteiger partial charge on any atom is 0.203 e. The van der Waals surface area contributed by atoms with Crippen molar-refractivity contribution in [1.29, 1.82) is 0 Å². The molecule has 0 atom stereocenters. The molecule has 1 N–H and O–H groups in total. The Bertz CT molecular complexity index is 397. The highest BCUT2D eigenvalue weighted by Gasteiger charge is 2.22. The summed E-state index contributed by atoms with van der Waals surface area (Å²) in [5.41, 5.74) is 1.08. The number of piperidine rings is 1.